The van der Waals surface area contributed by atoms with Crippen molar-refractivity contribution >= 4 is 52.8 Å². The van der Waals surface area contributed by atoms with E-state index >= 15 is 0 Å². The standard InChI is InChI=1S/C55H81F4N5O16S/c1-2-12-63(13-4-11-61-55(68)79-42-5-3-6-42)54(67)41-34-47-46(62-48(60)35-41)36-43(81-47)8-7-40-38-64(39-40)49(65)9-14-69-16-18-71-20-22-73-24-26-75-28-30-77-32-33-78-31-29-76-27-25-74-23-21-72-19-17-70-15-10-50(66)80-53-51(58)44(56)37-45(57)52(53)59/h34,36-37,40,42H,2-33,35,38-39H2,1H3,(H2,60,62)(H,61,68). The van der Waals surface area contributed by atoms with Gasteiger partial charge in [-0.2, -0.15) is 8.78 Å². The van der Waals surface area contributed by atoms with Crippen molar-refractivity contribution in [3.05, 3.63) is 50.7 Å². The van der Waals surface area contributed by atoms with E-state index in [1.807, 2.05) is 22.8 Å². The smallest absolute Gasteiger partial charge is 0.407 e. The first-order valence-electron chi connectivity index (χ1n) is 27.9. The molecule has 0 unspecified atom stereocenters. The summed E-state index contributed by atoms with van der Waals surface area (Å²) in [4.78, 5) is 60.6. The van der Waals surface area contributed by atoms with E-state index in [-0.39, 0.29) is 56.8 Å². The number of alkyl carbamates (subject to hydrolysis) is 1. The van der Waals surface area contributed by atoms with E-state index < -0.39 is 47.5 Å². The Kier molecular flexibility index (Phi) is 32.7. The number of amides is 3. The van der Waals surface area contributed by atoms with Crippen LogP contribution in [0, 0.1) is 29.2 Å². The molecule has 3 heterocycles. The molecule has 3 N–H and O–H groups in total. The van der Waals surface area contributed by atoms with Crippen LogP contribution in [0.25, 0.3) is 6.08 Å². The molecule has 5 rings (SSSR count). The van der Waals surface area contributed by atoms with Crippen LogP contribution in [0.15, 0.2) is 22.7 Å². The van der Waals surface area contributed by atoms with Crippen LogP contribution in [-0.4, -0.2) is 210 Å². The fourth-order valence-corrected chi connectivity index (χ4v) is 9.17. The second-order valence-corrected chi connectivity index (χ2v) is 20.2. The number of nitrogens with one attached hydrogen (secondary N) is 1. The van der Waals surface area contributed by atoms with Crippen molar-refractivity contribution in [2.24, 2.45) is 16.6 Å². The number of halogens is 4. The van der Waals surface area contributed by atoms with E-state index in [1.165, 1.54) is 4.88 Å². The van der Waals surface area contributed by atoms with Crippen LogP contribution in [0.5, 0.6) is 5.75 Å². The zero-order valence-corrected chi connectivity index (χ0v) is 47.3. The summed E-state index contributed by atoms with van der Waals surface area (Å²) >= 11 is 1.63. The molecule has 0 radical (unpaired) electrons. The van der Waals surface area contributed by atoms with Crippen LogP contribution >= 0.6 is 11.3 Å². The largest absolute Gasteiger partial charge is 0.446 e. The van der Waals surface area contributed by atoms with E-state index in [1.54, 1.807) is 11.3 Å². The third kappa shape index (κ3) is 26.5. The van der Waals surface area contributed by atoms with Crippen molar-refractivity contribution in [2.45, 2.75) is 77.2 Å². The number of hydrogen-bond donors (Lipinski definition) is 2. The molecule has 81 heavy (non-hydrogen) atoms. The van der Waals surface area contributed by atoms with Crippen LogP contribution in [0.2, 0.25) is 0 Å². The Morgan fingerprint density at radius 2 is 1.19 bits per heavy atom. The van der Waals surface area contributed by atoms with Gasteiger partial charge in [-0.25, -0.2) is 18.6 Å². The number of benzene rings is 1. The number of amidine groups is 1. The predicted molar refractivity (Wildman–Crippen MR) is 290 cm³/mol. The fraction of sp³-hybridized carbons (Fsp3) is 0.691. The lowest BCUT2D eigenvalue weighted by molar-refractivity contribution is -0.139. The summed E-state index contributed by atoms with van der Waals surface area (Å²) in [5, 5.41) is 2.80. The van der Waals surface area contributed by atoms with E-state index in [4.69, 9.17) is 57.8 Å². The Morgan fingerprint density at radius 1 is 0.691 bits per heavy atom. The molecule has 2 aliphatic heterocycles. The number of carbonyl (C=O) groups is 4. The average Bonchev–Trinajstić information content (AvgIpc) is 3.72. The number of nitrogens with zero attached hydrogens (tertiary/aromatic N) is 3. The minimum absolute atomic E-state index is 0.0153. The number of aryl methyl sites for hydroxylation is 1. The number of rotatable bonds is 45. The lowest BCUT2D eigenvalue weighted by Gasteiger charge is -2.39. The van der Waals surface area contributed by atoms with Gasteiger partial charge in [0.05, 0.1) is 156 Å². The minimum atomic E-state index is -1.80. The van der Waals surface area contributed by atoms with Gasteiger partial charge in [0.15, 0.2) is 11.6 Å². The first-order chi connectivity index (χ1) is 39.4. The highest BCUT2D eigenvalue weighted by Crippen LogP contribution is 2.36. The molecule has 1 aromatic heterocycles. The Labute approximate surface area is 475 Å². The van der Waals surface area contributed by atoms with Gasteiger partial charge < -0.3 is 77.7 Å². The number of fused-ring (bicyclic) bond motifs is 1. The molecule has 0 bridgehead atoms. The van der Waals surface area contributed by atoms with Crippen LogP contribution in [-0.2, 0) is 72.9 Å². The number of esters is 1. The summed E-state index contributed by atoms with van der Waals surface area (Å²) in [7, 11) is 0. The van der Waals surface area contributed by atoms with Gasteiger partial charge in [-0.15, -0.1) is 11.3 Å². The normalized spacial score (nSPS) is 14.4. The molecule has 21 nitrogen and oxygen atoms in total. The first kappa shape index (κ1) is 66.9. The Hall–Kier alpha value is -4.87. The molecule has 3 aliphatic rings. The van der Waals surface area contributed by atoms with Gasteiger partial charge in [-0.1, -0.05) is 6.92 Å². The summed E-state index contributed by atoms with van der Waals surface area (Å²) in [6.45, 7) is 11.8. The lowest BCUT2D eigenvalue weighted by atomic mass is 9.94. The first-order valence-corrected chi connectivity index (χ1v) is 28.7. The van der Waals surface area contributed by atoms with Gasteiger partial charge >= 0.3 is 12.1 Å². The number of ether oxygens (including phenoxy) is 12. The molecule has 1 saturated carbocycles. The zero-order valence-electron chi connectivity index (χ0n) is 46.5. The van der Waals surface area contributed by atoms with E-state index in [0.717, 1.165) is 62.2 Å². The maximum absolute atomic E-state index is 13.7. The Bertz CT molecular complexity index is 2230. The quantitative estimate of drug-likeness (QED) is 0.0257. The van der Waals surface area contributed by atoms with Gasteiger partial charge in [0.2, 0.25) is 29.2 Å². The van der Waals surface area contributed by atoms with Gasteiger partial charge in [0.25, 0.3) is 0 Å². The van der Waals surface area contributed by atoms with Crippen LogP contribution < -0.4 is 15.8 Å². The molecule has 456 valence electrons. The summed E-state index contributed by atoms with van der Waals surface area (Å²) in [5.41, 5.74) is 7.70. The predicted octanol–water partition coefficient (Wildman–Crippen LogP) is 5.93. The van der Waals surface area contributed by atoms with Gasteiger partial charge in [-0.3, -0.25) is 14.4 Å². The van der Waals surface area contributed by atoms with Gasteiger partial charge in [-0.05, 0) is 63.0 Å². The molecule has 26 heteroatoms. The minimum Gasteiger partial charge on any atom is -0.446 e. The Balaban J connectivity index is 0.729. The monoisotopic (exact) mass is 1180 g/mol. The van der Waals surface area contributed by atoms with Gasteiger partial charge in [0, 0.05) is 55.7 Å². The highest BCUT2D eigenvalue weighted by molar-refractivity contribution is 7.13. The molecule has 1 aromatic carbocycles. The van der Waals surface area contributed by atoms with Crippen molar-refractivity contribution in [3.8, 4) is 5.75 Å². The van der Waals surface area contributed by atoms with Crippen molar-refractivity contribution in [2.75, 3.05) is 165 Å². The number of aliphatic imine (C=N–C) groups is 1. The van der Waals surface area contributed by atoms with Crippen LogP contribution in [0.4, 0.5) is 28.0 Å². The average molecular weight is 1180 g/mol. The van der Waals surface area contributed by atoms with Crippen LogP contribution in [0.1, 0.15) is 74.5 Å². The number of likely N-dealkylation sites (tertiary alicyclic amines) is 1. The molecule has 2 fully saturated rings. The van der Waals surface area contributed by atoms with Crippen LogP contribution in [0.3, 0.4) is 0 Å². The van der Waals surface area contributed by atoms with Crippen molar-refractivity contribution in [3.63, 3.8) is 0 Å². The fourth-order valence-electron chi connectivity index (χ4n) is 8.09. The molecule has 2 aromatic rings. The lowest BCUT2D eigenvalue weighted by Crippen LogP contribution is -2.50. The number of hydrogen-bond acceptors (Lipinski definition) is 19. The molecule has 0 spiro atoms. The molecule has 0 atom stereocenters. The maximum atomic E-state index is 13.7. The van der Waals surface area contributed by atoms with Crippen molar-refractivity contribution in [1.29, 1.82) is 0 Å². The van der Waals surface area contributed by atoms with Gasteiger partial charge in [0.1, 0.15) is 11.9 Å². The summed E-state index contributed by atoms with van der Waals surface area (Å²) < 4.78 is 118. The summed E-state index contributed by atoms with van der Waals surface area (Å²) in [5.74, 6) is -8.69. The third-order valence-corrected chi connectivity index (χ3v) is 13.8. The maximum Gasteiger partial charge on any atom is 0.407 e. The van der Waals surface area contributed by atoms with E-state index in [0.29, 0.717) is 156 Å². The second kappa shape index (κ2) is 39.6. The van der Waals surface area contributed by atoms with Crippen molar-refractivity contribution < 1.29 is 93.6 Å². The number of carbonyl (C=O) groups excluding carboxylic acids is 4. The summed E-state index contributed by atoms with van der Waals surface area (Å²) in [6.07, 6.45) is 7.91. The summed E-state index contributed by atoms with van der Waals surface area (Å²) in [6, 6.07) is 2.07. The molecule has 3 amide bonds. The second-order valence-electron chi connectivity index (χ2n) is 19.0. The van der Waals surface area contributed by atoms with E-state index in [2.05, 4.69) is 21.1 Å². The SMILES string of the molecule is CCCN(CCCNC(=O)OC1CCC1)C(=O)C1=Cc2sc(CCC3CN(C(=O)CCOCCOCCOCCOCCOCCOCCOCCOCCOCCOCCC(=O)Oc4c(F)c(F)cc(F)c4F)C3)cc2N=C(N)C1. The number of thiophene rings is 1. The topological polar surface area (TPSA) is 236 Å². The third-order valence-electron chi connectivity index (χ3n) is 12.6. The molecular formula is C55H81F4N5O16S. The highest BCUT2D eigenvalue weighted by Gasteiger charge is 2.31. The molecular weight excluding hydrogens is 1090 g/mol. The Morgan fingerprint density at radius 3 is 1.67 bits per heavy atom. The number of nitrogens with two attached hydrogens (primary N) is 1. The molecule has 1 saturated heterocycles. The molecule has 1 aliphatic carbocycles. The van der Waals surface area contributed by atoms with E-state index in [9.17, 15) is 36.7 Å². The highest BCUT2D eigenvalue weighted by atomic mass is 32.1. The zero-order chi connectivity index (χ0) is 57.9. The van der Waals surface area contributed by atoms with Crippen molar-refractivity contribution in [1.82, 2.24) is 15.1 Å².